The second-order valence-electron chi connectivity index (χ2n) is 9.80. The summed E-state index contributed by atoms with van der Waals surface area (Å²) in [6.07, 6.45) is 7.39. The van der Waals surface area contributed by atoms with E-state index in [1.54, 1.807) is 24.3 Å². The van der Waals surface area contributed by atoms with Crippen LogP contribution in [-0.4, -0.2) is 34.3 Å². The van der Waals surface area contributed by atoms with E-state index in [1.807, 2.05) is 0 Å². The summed E-state index contributed by atoms with van der Waals surface area (Å²) in [5.74, 6) is -3.24. The van der Waals surface area contributed by atoms with Crippen molar-refractivity contribution in [1.82, 2.24) is 10.2 Å². The van der Waals surface area contributed by atoms with Crippen molar-refractivity contribution in [2.75, 3.05) is 6.54 Å². The van der Waals surface area contributed by atoms with Gasteiger partial charge in [0, 0.05) is 25.2 Å². The van der Waals surface area contributed by atoms with Crippen LogP contribution in [0.25, 0.3) is 0 Å². The van der Waals surface area contributed by atoms with Gasteiger partial charge in [0.05, 0.1) is 5.56 Å². The van der Waals surface area contributed by atoms with Crippen LogP contribution in [-0.2, 0) is 28.9 Å². The average Bonchev–Trinajstić information content (AvgIpc) is 2.90. The molecule has 6 nitrogen and oxygen atoms in total. The van der Waals surface area contributed by atoms with E-state index in [2.05, 4.69) is 12.2 Å². The number of alkyl halides is 3. The Morgan fingerprint density at radius 1 is 0.795 bits per heavy atom. The number of carbonyl (C=O) groups is 3. The van der Waals surface area contributed by atoms with Gasteiger partial charge in [0.1, 0.15) is 0 Å². The zero-order chi connectivity index (χ0) is 28.7. The van der Waals surface area contributed by atoms with Crippen molar-refractivity contribution < 1.29 is 32.7 Å². The predicted molar refractivity (Wildman–Crippen MR) is 144 cm³/mol. The largest absolute Gasteiger partial charge is 0.474 e. The molecule has 0 aromatic heterocycles. The van der Waals surface area contributed by atoms with E-state index in [-0.39, 0.29) is 24.6 Å². The minimum atomic E-state index is -4.56. The Labute approximate surface area is 228 Å². The molecule has 0 spiro atoms. The molecule has 0 fully saturated rings. The van der Waals surface area contributed by atoms with Gasteiger partial charge in [-0.25, -0.2) is 4.79 Å². The van der Waals surface area contributed by atoms with Crippen molar-refractivity contribution >= 4 is 17.8 Å². The van der Waals surface area contributed by atoms with E-state index in [0.717, 1.165) is 36.3 Å². The monoisotopic (exact) mass is 548 g/mol. The molecule has 0 bridgehead atoms. The molecule has 2 N–H and O–H groups in total. The summed E-state index contributed by atoms with van der Waals surface area (Å²) in [6.45, 7) is 2.24. The summed E-state index contributed by atoms with van der Waals surface area (Å²) in [5, 5.41) is 12.1. The molecular formula is C30H39F3N2O4. The standard InChI is InChI=1S/C30H39F3N2O4/c1-2-3-4-5-6-7-8-9-10-11-18-34-27(36)25-16-12-14-23(19-25)21-35(28(37)29(38)39)22-24-15-13-17-26(20-24)30(31,32)33/h12-17,19-20H,2-11,18,21-22H2,1H3,(H,34,36)(H,38,39). The number of nitrogens with zero attached hydrogens (tertiary/aromatic N) is 1. The number of amides is 2. The van der Waals surface area contributed by atoms with Crippen LogP contribution < -0.4 is 5.32 Å². The lowest BCUT2D eigenvalue weighted by molar-refractivity contribution is -0.156. The number of carboxylic acid groups (broad SMARTS) is 1. The molecule has 2 amide bonds. The summed E-state index contributed by atoms with van der Waals surface area (Å²) < 4.78 is 39.2. The van der Waals surface area contributed by atoms with Gasteiger partial charge in [0.2, 0.25) is 0 Å². The van der Waals surface area contributed by atoms with Gasteiger partial charge >= 0.3 is 18.1 Å². The number of hydrogen-bond donors (Lipinski definition) is 2. The normalized spacial score (nSPS) is 11.3. The Balaban J connectivity index is 1.89. The minimum Gasteiger partial charge on any atom is -0.474 e. The Kier molecular flexibility index (Phi) is 13.5. The van der Waals surface area contributed by atoms with E-state index in [9.17, 15) is 32.7 Å². The first-order chi connectivity index (χ1) is 18.6. The SMILES string of the molecule is CCCCCCCCCCCCNC(=O)c1cccc(CN(Cc2cccc(C(F)(F)F)c2)C(=O)C(=O)O)c1. The third kappa shape index (κ3) is 11.9. The fourth-order valence-corrected chi connectivity index (χ4v) is 4.35. The van der Waals surface area contributed by atoms with E-state index in [4.69, 9.17) is 0 Å². The lowest BCUT2D eigenvalue weighted by Crippen LogP contribution is -2.35. The molecule has 9 heteroatoms. The maximum atomic E-state index is 13.1. The molecule has 0 atom stereocenters. The van der Waals surface area contributed by atoms with Crippen molar-refractivity contribution in [2.45, 2.75) is 90.4 Å². The molecule has 0 unspecified atom stereocenters. The van der Waals surface area contributed by atoms with Crippen molar-refractivity contribution in [3.05, 3.63) is 70.8 Å². The molecule has 0 radical (unpaired) electrons. The van der Waals surface area contributed by atoms with Gasteiger partial charge < -0.3 is 15.3 Å². The van der Waals surface area contributed by atoms with Crippen LogP contribution in [0.5, 0.6) is 0 Å². The summed E-state index contributed by atoms with van der Waals surface area (Å²) in [7, 11) is 0. The van der Waals surface area contributed by atoms with E-state index < -0.39 is 23.6 Å². The van der Waals surface area contributed by atoms with Crippen LogP contribution >= 0.6 is 0 Å². The van der Waals surface area contributed by atoms with Gasteiger partial charge in [0.25, 0.3) is 5.91 Å². The number of carboxylic acids is 1. The second-order valence-corrected chi connectivity index (χ2v) is 9.80. The summed E-state index contributed by atoms with van der Waals surface area (Å²) in [6, 6.07) is 10.8. The molecule has 0 aliphatic rings. The van der Waals surface area contributed by atoms with Crippen LogP contribution in [0.3, 0.4) is 0 Å². The maximum Gasteiger partial charge on any atom is 0.416 e. The van der Waals surface area contributed by atoms with Gasteiger partial charge in [-0.1, -0.05) is 89.0 Å². The molecule has 2 aromatic rings. The highest BCUT2D eigenvalue weighted by atomic mass is 19.4. The fourth-order valence-electron chi connectivity index (χ4n) is 4.35. The Morgan fingerprint density at radius 2 is 1.33 bits per heavy atom. The number of aliphatic carboxylic acids is 1. The number of rotatable bonds is 16. The van der Waals surface area contributed by atoms with Crippen molar-refractivity contribution in [2.24, 2.45) is 0 Å². The van der Waals surface area contributed by atoms with Crippen molar-refractivity contribution in [1.29, 1.82) is 0 Å². The topological polar surface area (TPSA) is 86.7 Å². The summed E-state index contributed by atoms with van der Waals surface area (Å²) in [5.41, 5.74) is 0.109. The summed E-state index contributed by atoms with van der Waals surface area (Å²) >= 11 is 0. The molecule has 2 aromatic carbocycles. The second kappa shape index (κ2) is 16.6. The molecule has 0 aliphatic heterocycles. The predicted octanol–water partition coefficient (Wildman–Crippen LogP) is 6.97. The molecule has 0 saturated carbocycles. The van der Waals surface area contributed by atoms with Crippen LogP contribution in [0.4, 0.5) is 13.2 Å². The zero-order valence-electron chi connectivity index (χ0n) is 22.6. The highest BCUT2D eigenvalue weighted by molar-refractivity contribution is 6.31. The third-order valence-electron chi connectivity index (χ3n) is 6.48. The smallest absolute Gasteiger partial charge is 0.416 e. The Hall–Kier alpha value is -3.36. The number of hydrogen-bond acceptors (Lipinski definition) is 3. The van der Waals surface area contributed by atoms with Crippen molar-refractivity contribution in [3.63, 3.8) is 0 Å². The minimum absolute atomic E-state index is 0.143. The van der Waals surface area contributed by atoms with Crippen LogP contribution in [0.2, 0.25) is 0 Å². The van der Waals surface area contributed by atoms with Crippen molar-refractivity contribution in [3.8, 4) is 0 Å². The van der Waals surface area contributed by atoms with Gasteiger partial charge in [-0.05, 0) is 41.8 Å². The summed E-state index contributed by atoms with van der Waals surface area (Å²) in [4.78, 5) is 37.2. The lowest BCUT2D eigenvalue weighted by atomic mass is 10.1. The number of benzene rings is 2. The van der Waals surface area contributed by atoms with Crippen LogP contribution in [0.1, 0.15) is 98.2 Å². The first-order valence-corrected chi connectivity index (χ1v) is 13.7. The van der Waals surface area contributed by atoms with E-state index in [0.29, 0.717) is 17.7 Å². The van der Waals surface area contributed by atoms with Gasteiger partial charge in [-0.2, -0.15) is 13.2 Å². The Bertz CT molecular complexity index is 1070. The molecule has 0 aliphatic carbocycles. The molecule has 0 heterocycles. The lowest BCUT2D eigenvalue weighted by Gasteiger charge is -2.22. The molecular weight excluding hydrogens is 509 g/mol. The molecule has 214 valence electrons. The fraction of sp³-hybridized carbons (Fsp3) is 0.500. The first kappa shape index (κ1) is 31.9. The van der Waals surface area contributed by atoms with Crippen LogP contribution in [0, 0.1) is 0 Å². The number of halogens is 3. The van der Waals surface area contributed by atoms with Crippen LogP contribution in [0.15, 0.2) is 48.5 Å². The van der Waals surface area contributed by atoms with E-state index >= 15 is 0 Å². The highest BCUT2D eigenvalue weighted by Gasteiger charge is 2.31. The number of unbranched alkanes of at least 4 members (excludes halogenated alkanes) is 9. The molecule has 2 rings (SSSR count). The number of nitrogens with one attached hydrogen (secondary N) is 1. The van der Waals surface area contributed by atoms with Gasteiger partial charge in [-0.3, -0.25) is 9.59 Å². The Morgan fingerprint density at radius 3 is 1.90 bits per heavy atom. The molecule has 0 saturated heterocycles. The van der Waals surface area contributed by atoms with E-state index in [1.165, 1.54) is 57.1 Å². The zero-order valence-corrected chi connectivity index (χ0v) is 22.6. The number of carbonyl (C=O) groups excluding carboxylic acids is 2. The quantitative estimate of drug-likeness (QED) is 0.175. The molecule has 39 heavy (non-hydrogen) atoms. The van der Waals surface area contributed by atoms with Gasteiger partial charge in [0.15, 0.2) is 0 Å². The van der Waals surface area contributed by atoms with Gasteiger partial charge in [-0.15, -0.1) is 0 Å². The first-order valence-electron chi connectivity index (χ1n) is 13.7. The average molecular weight is 549 g/mol. The highest BCUT2D eigenvalue weighted by Crippen LogP contribution is 2.30. The maximum absolute atomic E-state index is 13.1. The third-order valence-corrected chi connectivity index (χ3v) is 6.48.